The van der Waals surface area contributed by atoms with Crippen LogP contribution in [0.3, 0.4) is 0 Å². The summed E-state index contributed by atoms with van der Waals surface area (Å²) >= 11 is 0. The summed E-state index contributed by atoms with van der Waals surface area (Å²) < 4.78 is 22.7. The minimum absolute atomic E-state index is 0.0137. The molecule has 28 heavy (non-hydrogen) atoms. The van der Waals surface area contributed by atoms with Crippen molar-refractivity contribution >= 4 is 16.5 Å². The van der Waals surface area contributed by atoms with Gasteiger partial charge >= 0.3 is 0 Å². The van der Waals surface area contributed by atoms with Crippen molar-refractivity contribution < 1.29 is 18.9 Å². The number of fused-ring (bicyclic) bond motifs is 8. The van der Waals surface area contributed by atoms with E-state index in [2.05, 4.69) is 54.5 Å². The van der Waals surface area contributed by atoms with Gasteiger partial charge in [0.2, 0.25) is 13.6 Å². The van der Waals surface area contributed by atoms with Crippen molar-refractivity contribution in [1.82, 2.24) is 5.32 Å². The maximum absolute atomic E-state index is 5.86. The van der Waals surface area contributed by atoms with Gasteiger partial charge in [0.25, 0.3) is 0 Å². The zero-order valence-corrected chi connectivity index (χ0v) is 15.7. The van der Waals surface area contributed by atoms with Gasteiger partial charge in [-0.3, -0.25) is 5.32 Å². The molecule has 0 aromatic heterocycles. The lowest BCUT2D eigenvalue weighted by atomic mass is 9.88. The highest BCUT2D eigenvalue weighted by Gasteiger charge is 2.35. The van der Waals surface area contributed by atoms with E-state index in [4.69, 9.17) is 18.9 Å². The van der Waals surface area contributed by atoms with Crippen LogP contribution >= 0.6 is 0 Å². The summed E-state index contributed by atoms with van der Waals surface area (Å²) in [7, 11) is 2.12. The van der Waals surface area contributed by atoms with Crippen molar-refractivity contribution in [2.75, 3.05) is 32.1 Å². The quantitative estimate of drug-likeness (QED) is 0.729. The first-order valence-electron chi connectivity index (χ1n) is 9.51. The predicted molar refractivity (Wildman–Crippen MR) is 106 cm³/mol. The summed E-state index contributed by atoms with van der Waals surface area (Å²) in [4.78, 5) is 2.29. The monoisotopic (exact) mass is 376 g/mol. The van der Waals surface area contributed by atoms with E-state index in [1.54, 1.807) is 0 Å². The maximum Gasteiger partial charge on any atom is 0.231 e. The van der Waals surface area contributed by atoms with Crippen LogP contribution in [0.15, 0.2) is 36.4 Å². The number of rotatable bonds is 2. The third-order valence-electron chi connectivity index (χ3n) is 5.76. The molecule has 1 atom stereocenters. The van der Waals surface area contributed by atoms with E-state index in [9.17, 15) is 0 Å². The summed E-state index contributed by atoms with van der Waals surface area (Å²) in [6.07, 6.45) is -0.0137. The van der Waals surface area contributed by atoms with E-state index in [1.807, 2.05) is 6.07 Å². The topological polar surface area (TPSA) is 52.2 Å². The molecule has 3 heterocycles. The second kappa shape index (κ2) is 5.69. The van der Waals surface area contributed by atoms with Gasteiger partial charge in [0, 0.05) is 23.6 Å². The number of anilines is 1. The maximum atomic E-state index is 5.86. The van der Waals surface area contributed by atoms with Gasteiger partial charge in [-0.25, -0.2) is 0 Å². The largest absolute Gasteiger partial charge is 0.454 e. The Morgan fingerprint density at radius 2 is 1.68 bits per heavy atom. The first kappa shape index (κ1) is 15.9. The molecule has 0 saturated carbocycles. The fourth-order valence-corrected chi connectivity index (χ4v) is 4.55. The van der Waals surface area contributed by atoms with Gasteiger partial charge in [-0.1, -0.05) is 19.1 Å². The normalized spacial score (nSPS) is 18.4. The van der Waals surface area contributed by atoms with Crippen molar-refractivity contribution in [2.24, 2.45) is 0 Å². The zero-order valence-electron chi connectivity index (χ0n) is 15.7. The Morgan fingerprint density at radius 3 is 2.54 bits per heavy atom. The van der Waals surface area contributed by atoms with Gasteiger partial charge in [-0.05, 0) is 41.8 Å². The first-order chi connectivity index (χ1) is 13.8. The molecule has 3 aliphatic rings. The number of nitrogens with one attached hydrogen (secondary N) is 1. The van der Waals surface area contributed by atoms with Crippen molar-refractivity contribution in [3.8, 4) is 34.1 Å². The molecule has 142 valence electrons. The van der Waals surface area contributed by atoms with Crippen molar-refractivity contribution in [1.29, 1.82) is 0 Å². The molecule has 6 rings (SSSR count). The van der Waals surface area contributed by atoms with E-state index in [1.165, 1.54) is 16.8 Å². The summed E-state index contributed by atoms with van der Waals surface area (Å²) in [5.41, 5.74) is 4.65. The van der Waals surface area contributed by atoms with E-state index < -0.39 is 0 Å². The van der Waals surface area contributed by atoms with Gasteiger partial charge in [-0.15, -0.1) is 0 Å². The number of hydrogen-bond donors (Lipinski definition) is 1. The van der Waals surface area contributed by atoms with Gasteiger partial charge < -0.3 is 23.8 Å². The van der Waals surface area contributed by atoms with Crippen LogP contribution in [0.25, 0.3) is 21.9 Å². The molecule has 0 amide bonds. The fraction of sp³-hybridized carbons (Fsp3) is 0.273. The van der Waals surface area contributed by atoms with Gasteiger partial charge in [0.05, 0.1) is 5.69 Å². The lowest BCUT2D eigenvalue weighted by Crippen LogP contribution is -2.38. The van der Waals surface area contributed by atoms with Crippen LogP contribution in [0.5, 0.6) is 23.0 Å². The van der Waals surface area contributed by atoms with Crippen LogP contribution in [0.1, 0.15) is 18.7 Å². The van der Waals surface area contributed by atoms with Crippen LogP contribution in [0, 0.1) is 0 Å². The average Bonchev–Trinajstić information content (AvgIpc) is 3.36. The van der Waals surface area contributed by atoms with Gasteiger partial charge in [-0.2, -0.15) is 0 Å². The molecule has 3 aliphatic heterocycles. The molecular weight excluding hydrogens is 356 g/mol. The Labute approximate surface area is 162 Å². The SMILES string of the molecule is CCNC1c2c(ccc3c2OCO3)-c2ccc3cc4c(cc3c2N1C)OCO4. The molecule has 3 aromatic rings. The molecule has 6 nitrogen and oxygen atoms in total. The number of ether oxygens (including phenoxy) is 4. The Kier molecular flexibility index (Phi) is 3.23. The molecule has 0 spiro atoms. The smallest absolute Gasteiger partial charge is 0.231 e. The zero-order chi connectivity index (χ0) is 18.8. The van der Waals surface area contributed by atoms with E-state index in [0.717, 1.165) is 45.9 Å². The van der Waals surface area contributed by atoms with Crippen LogP contribution in [0.2, 0.25) is 0 Å². The second-order valence-electron chi connectivity index (χ2n) is 7.22. The number of nitrogens with zero attached hydrogens (tertiary/aromatic N) is 1. The molecule has 0 bridgehead atoms. The third-order valence-corrected chi connectivity index (χ3v) is 5.76. The van der Waals surface area contributed by atoms with Crippen molar-refractivity contribution in [3.63, 3.8) is 0 Å². The molecular formula is C22H20N2O4. The van der Waals surface area contributed by atoms with Crippen LogP contribution in [-0.2, 0) is 0 Å². The molecule has 0 fully saturated rings. The second-order valence-corrected chi connectivity index (χ2v) is 7.22. The highest BCUT2D eigenvalue weighted by atomic mass is 16.7. The summed E-state index contributed by atoms with van der Waals surface area (Å²) in [5.74, 6) is 3.25. The molecule has 1 N–H and O–H groups in total. The predicted octanol–water partition coefficient (Wildman–Crippen LogP) is 4.02. The molecule has 3 aromatic carbocycles. The first-order valence-corrected chi connectivity index (χ1v) is 9.51. The molecule has 0 saturated heterocycles. The third kappa shape index (κ3) is 2.01. The van der Waals surface area contributed by atoms with Crippen molar-refractivity contribution in [2.45, 2.75) is 13.1 Å². The van der Waals surface area contributed by atoms with Gasteiger partial charge in [0.1, 0.15) is 6.17 Å². The standard InChI is InChI=1S/C22H20N2O4/c1-3-23-22-19-13(6-7-16-21(19)28-11-25-16)14-5-4-12-8-17-18(27-10-26-17)9-15(12)20(14)24(22)2/h4-9,22-23H,3,10-11H2,1-2H3. The fourth-order valence-electron chi connectivity index (χ4n) is 4.55. The number of benzene rings is 3. The highest BCUT2D eigenvalue weighted by Crippen LogP contribution is 2.53. The molecule has 0 radical (unpaired) electrons. The lowest BCUT2D eigenvalue weighted by Gasteiger charge is -2.39. The highest BCUT2D eigenvalue weighted by molar-refractivity contribution is 6.05. The molecule has 6 heteroatoms. The minimum atomic E-state index is -0.0137. The average molecular weight is 376 g/mol. The van der Waals surface area contributed by atoms with Crippen LogP contribution < -0.4 is 29.2 Å². The van der Waals surface area contributed by atoms with E-state index >= 15 is 0 Å². The molecule has 1 unspecified atom stereocenters. The molecule has 0 aliphatic carbocycles. The number of hydrogen-bond acceptors (Lipinski definition) is 6. The van der Waals surface area contributed by atoms with E-state index in [-0.39, 0.29) is 19.8 Å². The van der Waals surface area contributed by atoms with Gasteiger partial charge in [0.15, 0.2) is 23.0 Å². The lowest BCUT2D eigenvalue weighted by molar-refractivity contribution is 0.172. The Morgan fingerprint density at radius 1 is 0.929 bits per heavy atom. The van der Waals surface area contributed by atoms with Crippen LogP contribution in [-0.4, -0.2) is 27.2 Å². The summed E-state index contributed by atoms with van der Waals surface area (Å²) in [5, 5.41) is 5.89. The summed E-state index contributed by atoms with van der Waals surface area (Å²) in [6, 6.07) is 12.6. The van der Waals surface area contributed by atoms with Crippen molar-refractivity contribution in [3.05, 3.63) is 42.0 Å². The van der Waals surface area contributed by atoms with E-state index in [0.29, 0.717) is 0 Å². The summed E-state index contributed by atoms with van der Waals surface area (Å²) in [6.45, 7) is 3.49. The Bertz CT molecular complexity index is 1130. The Hall–Kier alpha value is -3.12. The Balaban J connectivity index is 1.66. The minimum Gasteiger partial charge on any atom is -0.454 e. The van der Waals surface area contributed by atoms with Crippen LogP contribution in [0.4, 0.5) is 5.69 Å².